The number of carbonyl (C=O) groups excluding carboxylic acids is 2. The minimum Gasteiger partial charge on any atom is -0.491 e. The van der Waals surface area contributed by atoms with Gasteiger partial charge in [-0.05, 0) is 41.4 Å². The van der Waals surface area contributed by atoms with Crippen molar-refractivity contribution in [3.63, 3.8) is 0 Å². The number of hydrogen-bond donors (Lipinski definition) is 0. The molecule has 3 aromatic carbocycles. The maximum absolute atomic E-state index is 12.7. The first-order valence-corrected chi connectivity index (χ1v) is 10.4. The summed E-state index contributed by atoms with van der Waals surface area (Å²) in [5.74, 6) is 0.339. The highest BCUT2D eigenvalue weighted by atomic mass is 35.5. The Morgan fingerprint density at radius 2 is 1.62 bits per heavy atom. The number of nitrogens with zero attached hydrogens (tertiary/aromatic N) is 1. The van der Waals surface area contributed by atoms with Crippen molar-refractivity contribution in [2.45, 2.75) is 0 Å². The minimum absolute atomic E-state index is 0.154. The lowest BCUT2D eigenvalue weighted by molar-refractivity contribution is -0.123. The highest BCUT2D eigenvalue weighted by Crippen LogP contribution is 2.35. The fourth-order valence-corrected chi connectivity index (χ4v) is 4.39. The van der Waals surface area contributed by atoms with Crippen molar-refractivity contribution in [2.75, 3.05) is 13.2 Å². The number of fused-ring (bicyclic) bond motifs is 1. The Balaban J connectivity index is 1.47. The van der Waals surface area contributed by atoms with E-state index in [2.05, 4.69) is 0 Å². The van der Waals surface area contributed by atoms with E-state index in [0.717, 1.165) is 22.5 Å². The van der Waals surface area contributed by atoms with Crippen LogP contribution in [0.1, 0.15) is 5.56 Å². The van der Waals surface area contributed by atoms with Gasteiger partial charge in [0.1, 0.15) is 12.4 Å². The van der Waals surface area contributed by atoms with Crippen molar-refractivity contribution in [1.82, 2.24) is 4.90 Å². The zero-order valence-corrected chi connectivity index (χ0v) is 17.4. The molecule has 4 nitrogen and oxygen atoms in total. The number of thioether (sulfide) groups is 1. The minimum atomic E-state index is -0.377. The van der Waals surface area contributed by atoms with Crippen LogP contribution < -0.4 is 4.74 Å². The van der Waals surface area contributed by atoms with Gasteiger partial charge in [-0.25, -0.2) is 0 Å². The molecule has 0 spiro atoms. The SMILES string of the molecule is O=C1S/C(=C\c2c(Cl)cccc2Cl)C(=O)N1CCOc1cccc2ccccc12. The lowest BCUT2D eigenvalue weighted by Gasteiger charge is -2.14. The Bertz CT molecular complexity index is 1120. The molecule has 1 fully saturated rings. The van der Waals surface area contributed by atoms with E-state index >= 15 is 0 Å². The molecule has 29 heavy (non-hydrogen) atoms. The van der Waals surface area contributed by atoms with Crippen LogP contribution in [-0.4, -0.2) is 29.2 Å². The maximum Gasteiger partial charge on any atom is 0.293 e. The van der Waals surface area contributed by atoms with Crippen LogP contribution in [0.2, 0.25) is 10.0 Å². The third-order valence-electron chi connectivity index (χ3n) is 4.47. The molecular weight excluding hydrogens is 429 g/mol. The molecule has 1 saturated heterocycles. The molecule has 1 aliphatic heterocycles. The van der Waals surface area contributed by atoms with Crippen molar-refractivity contribution in [3.05, 3.63) is 81.2 Å². The quantitative estimate of drug-likeness (QED) is 0.436. The first kappa shape index (κ1) is 19.8. The molecule has 1 heterocycles. The molecule has 0 aliphatic carbocycles. The summed E-state index contributed by atoms with van der Waals surface area (Å²) >= 11 is 13.2. The monoisotopic (exact) mass is 443 g/mol. The Morgan fingerprint density at radius 1 is 0.931 bits per heavy atom. The molecule has 2 amide bonds. The fraction of sp³-hybridized carbons (Fsp3) is 0.0909. The van der Waals surface area contributed by atoms with Gasteiger partial charge in [0.15, 0.2) is 0 Å². The van der Waals surface area contributed by atoms with Crippen LogP contribution in [0.4, 0.5) is 4.79 Å². The van der Waals surface area contributed by atoms with Gasteiger partial charge < -0.3 is 4.74 Å². The third kappa shape index (κ3) is 4.13. The number of amides is 2. The van der Waals surface area contributed by atoms with Gasteiger partial charge >= 0.3 is 0 Å². The molecule has 0 atom stereocenters. The second-order valence-corrected chi connectivity index (χ2v) is 8.10. The van der Waals surface area contributed by atoms with E-state index in [-0.39, 0.29) is 29.2 Å². The molecule has 1 aliphatic rings. The van der Waals surface area contributed by atoms with Gasteiger partial charge in [0.05, 0.1) is 11.4 Å². The topological polar surface area (TPSA) is 46.6 Å². The van der Waals surface area contributed by atoms with Crippen molar-refractivity contribution < 1.29 is 14.3 Å². The average molecular weight is 444 g/mol. The Hall–Kier alpha value is -2.47. The van der Waals surface area contributed by atoms with E-state index in [0.29, 0.717) is 21.4 Å². The number of halogens is 2. The fourth-order valence-electron chi connectivity index (χ4n) is 3.04. The molecule has 0 aromatic heterocycles. The Labute approximate surface area is 182 Å². The van der Waals surface area contributed by atoms with Gasteiger partial charge in [-0.3, -0.25) is 14.5 Å². The molecule has 0 unspecified atom stereocenters. The largest absolute Gasteiger partial charge is 0.491 e. The van der Waals surface area contributed by atoms with Gasteiger partial charge in [0.25, 0.3) is 11.1 Å². The van der Waals surface area contributed by atoms with Crippen LogP contribution in [0.25, 0.3) is 16.8 Å². The molecule has 0 N–H and O–H groups in total. The third-order valence-corrected chi connectivity index (χ3v) is 6.04. The highest BCUT2D eigenvalue weighted by molar-refractivity contribution is 8.18. The number of benzene rings is 3. The summed E-state index contributed by atoms with van der Waals surface area (Å²) in [6, 6.07) is 18.7. The van der Waals surface area contributed by atoms with Crippen LogP contribution in [0.5, 0.6) is 5.75 Å². The van der Waals surface area contributed by atoms with Crippen LogP contribution in [0.3, 0.4) is 0 Å². The van der Waals surface area contributed by atoms with Crippen molar-refractivity contribution in [1.29, 1.82) is 0 Å². The molecule has 0 radical (unpaired) electrons. The summed E-state index contributed by atoms with van der Waals surface area (Å²) in [6.45, 7) is 0.355. The van der Waals surface area contributed by atoms with Gasteiger partial charge in [-0.1, -0.05) is 65.7 Å². The second-order valence-electron chi connectivity index (χ2n) is 6.29. The van der Waals surface area contributed by atoms with E-state index in [1.807, 2.05) is 42.5 Å². The zero-order valence-electron chi connectivity index (χ0n) is 15.1. The lowest BCUT2D eigenvalue weighted by atomic mass is 10.1. The number of hydrogen-bond acceptors (Lipinski definition) is 4. The van der Waals surface area contributed by atoms with Gasteiger partial charge in [0, 0.05) is 21.0 Å². The van der Waals surface area contributed by atoms with Crippen molar-refractivity contribution in [3.8, 4) is 5.75 Å². The zero-order chi connectivity index (χ0) is 20.4. The second kappa shape index (κ2) is 8.49. The maximum atomic E-state index is 12.7. The smallest absolute Gasteiger partial charge is 0.293 e. The summed E-state index contributed by atoms with van der Waals surface area (Å²) in [6.07, 6.45) is 1.56. The summed E-state index contributed by atoms with van der Waals surface area (Å²) in [5.41, 5.74) is 0.522. The molecule has 3 aromatic rings. The van der Waals surface area contributed by atoms with E-state index in [1.165, 1.54) is 4.90 Å². The summed E-state index contributed by atoms with van der Waals surface area (Å²) in [5, 5.41) is 2.55. The van der Waals surface area contributed by atoms with Crippen molar-refractivity contribution in [2.24, 2.45) is 0 Å². The van der Waals surface area contributed by atoms with Crippen LogP contribution in [-0.2, 0) is 4.79 Å². The Kier molecular flexibility index (Phi) is 5.81. The number of carbonyl (C=O) groups is 2. The average Bonchev–Trinajstić information content (AvgIpc) is 2.98. The summed E-state index contributed by atoms with van der Waals surface area (Å²) in [4.78, 5) is 26.4. The predicted molar refractivity (Wildman–Crippen MR) is 119 cm³/mol. The first-order valence-electron chi connectivity index (χ1n) is 8.84. The summed E-state index contributed by atoms with van der Waals surface area (Å²) < 4.78 is 5.85. The van der Waals surface area contributed by atoms with Crippen molar-refractivity contribution >= 4 is 63.0 Å². The van der Waals surface area contributed by atoms with E-state index in [1.54, 1.807) is 24.3 Å². The lowest BCUT2D eigenvalue weighted by Crippen LogP contribution is -2.32. The molecular formula is C22H15Cl2NO3S. The van der Waals surface area contributed by atoms with E-state index in [9.17, 15) is 9.59 Å². The normalized spacial score (nSPS) is 15.5. The number of imide groups is 1. The summed E-state index contributed by atoms with van der Waals surface area (Å²) in [7, 11) is 0. The molecule has 146 valence electrons. The van der Waals surface area contributed by atoms with E-state index in [4.69, 9.17) is 27.9 Å². The molecule has 4 rings (SSSR count). The molecule has 0 saturated carbocycles. The van der Waals surface area contributed by atoms with Crippen LogP contribution in [0.15, 0.2) is 65.6 Å². The molecule has 7 heteroatoms. The van der Waals surface area contributed by atoms with Crippen LogP contribution >= 0.6 is 35.0 Å². The highest BCUT2D eigenvalue weighted by Gasteiger charge is 2.35. The Morgan fingerprint density at radius 3 is 2.41 bits per heavy atom. The molecule has 0 bridgehead atoms. The van der Waals surface area contributed by atoms with E-state index < -0.39 is 0 Å². The van der Waals surface area contributed by atoms with Gasteiger partial charge in [-0.15, -0.1) is 0 Å². The predicted octanol–water partition coefficient (Wildman–Crippen LogP) is 6.26. The van der Waals surface area contributed by atoms with Crippen LogP contribution in [0, 0.1) is 0 Å². The number of ether oxygens (including phenoxy) is 1. The standard InChI is InChI=1S/C22H15Cl2NO3S/c23-17-8-4-9-18(24)16(17)13-20-21(26)25(22(27)29-20)11-12-28-19-10-3-6-14-5-1-2-7-15(14)19/h1-10,13H,11-12H2/b20-13-. The van der Waals surface area contributed by atoms with Gasteiger partial charge in [-0.2, -0.15) is 0 Å². The first-order chi connectivity index (χ1) is 14.0. The number of rotatable bonds is 5. The van der Waals surface area contributed by atoms with Gasteiger partial charge in [0.2, 0.25) is 0 Å².